The van der Waals surface area contributed by atoms with Crippen molar-refractivity contribution in [3.05, 3.63) is 0 Å². The molecule has 0 radical (unpaired) electrons. The lowest BCUT2D eigenvalue weighted by atomic mass is 9.85. The predicted molar refractivity (Wildman–Crippen MR) is 75.8 cm³/mol. The van der Waals surface area contributed by atoms with E-state index in [9.17, 15) is 9.46 Å². The van der Waals surface area contributed by atoms with Crippen LogP contribution in [0.2, 0.25) is 0 Å². The molecule has 3 unspecified atom stereocenters. The summed E-state index contributed by atoms with van der Waals surface area (Å²) in [6, 6.07) is 0. The van der Waals surface area contributed by atoms with Crippen molar-refractivity contribution < 1.29 is 23.0 Å². The number of likely N-dealkylation sites (N-methyl/N-ethyl adjacent to an activating group) is 1. The van der Waals surface area contributed by atoms with Crippen LogP contribution < -0.4 is 0 Å². The lowest BCUT2D eigenvalue weighted by Gasteiger charge is -2.31. The van der Waals surface area contributed by atoms with E-state index in [1.165, 1.54) is 6.42 Å². The van der Waals surface area contributed by atoms with E-state index in [1.807, 2.05) is 21.1 Å². The van der Waals surface area contributed by atoms with Gasteiger partial charge in [0.15, 0.2) is 0 Å². The van der Waals surface area contributed by atoms with Gasteiger partial charge in [0.05, 0.1) is 27.2 Å². The molecule has 0 aromatic rings. The van der Waals surface area contributed by atoms with Gasteiger partial charge >= 0.3 is 7.82 Å². The van der Waals surface area contributed by atoms with Crippen molar-refractivity contribution in [2.45, 2.75) is 45.1 Å². The molecular weight excluding hydrogens is 265 g/mol. The van der Waals surface area contributed by atoms with Crippen molar-refractivity contribution in [3.8, 4) is 0 Å². The first kappa shape index (κ1) is 17.1. The SMILES string of the molecule is CCC1CCCCC1OP(=O)(O)OCC[N+](C)(C)C. The molecule has 5 nitrogen and oxygen atoms in total. The van der Waals surface area contributed by atoms with Crippen molar-refractivity contribution in [2.75, 3.05) is 34.3 Å². The Labute approximate surface area is 117 Å². The molecule has 0 bridgehead atoms. The fourth-order valence-corrected chi connectivity index (χ4v) is 3.40. The summed E-state index contributed by atoms with van der Waals surface area (Å²) >= 11 is 0. The van der Waals surface area contributed by atoms with E-state index in [2.05, 4.69) is 6.92 Å². The van der Waals surface area contributed by atoms with Crippen molar-refractivity contribution in [2.24, 2.45) is 5.92 Å². The summed E-state index contributed by atoms with van der Waals surface area (Å²) in [5.74, 6) is 0.385. The summed E-state index contributed by atoms with van der Waals surface area (Å²) in [5, 5.41) is 0. The highest BCUT2D eigenvalue weighted by molar-refractivity contribution is 7.47. The number of phosphoric acid groups is 1. The smallest absolute Gasteiger partial charge is 0.329 e. The molecule has 0 aliphatic heterocycles. The minimum Gasteiger partial charge on any atom is -0.329 e. The maximum Gasteiger partial charge on any atom is 0.472 e. The topological polar surface area (TPSA) is 55.8 Å². The Hall–Kier alpha value is 0.0700. The van der Waals surface area contributed by atoms with E-state index < -0.39 is 7.82 Å². The van der Waals surface area contributed by atoms with Gasteiger partial charge in [-0.1, -0.05) is 26.2 Å². The van der Waals surface area contributed by atoms with Crippen LogP contribution in [-0.2, 0) is 13.6 Å². The summed E-state index contributed by atoms with van der Waals surface area (Å²) in [6.07, 6.45) is 5.07. The minimum atomic E-state index is -3.91. The van der Waals surface area contributed by atoms with Crippen molar-refractivity contribution in [1.29, 1.82) is 0 Å². The van der Waals surface area contributed by atoms with Crippen molar-refractivity contribution in [1.82, 2.24) is 0 Å². The zero-order chi connectivity index (χ0) is 14.5. The molecule has 0 amide bonds. The van der Waals surface area contributed by atoms with Crippen LogP contribution in [0.1, 0.15) is 39.0 Å². The third kappa shape index (κ3) is 6.87. The van der Waals surface area contributed by atoms with Gasteiger partial charge in [0.1, 0.15) is 13.2 Å². The Kier molecular flexibility index (Phi) is 6.48. The molecule has 19 heavy (non-hydrogen) atoms. The van der Waals surface area contributed by atoms with Gasteiger partial charge < -0.3 is 9.38 Å². The number of nitrogens with zero attached hydrogens (tertiary/aromatic N) is 1. The zero-order valence-corrected chi connectivity index (χ0v) is 13.6. The number of phosphoric ester groups is 1. The highest BCUT2D eigenvalue weighted by Crippen LogP contribution is 2.48. The average Bonchev–Trinajstić information content (AvgIpc) is 2.27. The van der Waals surface area contributed by atoms with E-state index in [1.54, 1.807) is 0 Å². The average molecular weight is 294 g/mol. The Morgan fingerprint density at radius 2 is 1.89 bits per heavy atom. The summed E-state index contributed by atoms with van der Waals surface area (Å²) in [5.41, 5.74) is 0. The molecule has 0 heterocycles. The van der Waals surface area contributed by atoms with Crippen LogP contribution in [0.5, 0.6) is 0 Å². The Bertz CT molecular complexity index is 316. The van der Waals surface area contributed by atoms with E-state index in [0.717, 1.165) is 25.7 Å². The quantitative estimate of drug-likeness (QED) is 0.579. The molecule has 0 saturated heterocycles. The van der Waals surface area contributed by atoms with Crippen LogP contribution in [0, 0.1) is 5.92 Å². The first-order valence-electron chi connectivity index (χ1n) is 7.20. The normalized spacial score (nSPS) is 28.1. The molecule has 0 spiro atoms. The monoisotopic (exact) mass is 294 g/mol. The van der Waals surface area contributed by atoms with Crippen LogP contribution in [0.3, 0.4) is 0 Å². The second-order valence-electron chi connectivity index (χ2n) is 6.41. The number of hydrogen-bond acceptors (Lipinski definition) is 3. The standard InChI is InChI=1S/C13H28NO4P/c1-5-12-8-6-7-9-13(12)18-19(15,16)17-11-10-14(2,3)4/h12-13H,5-11H2,1-4H3/p+1. The van der Waals surface area contributed by atoms with Crippen molar-refractivity contribution in [3.63, 3.8) is 0 Å². The summed E-state index contributed by atoms with van der Waals surface area (Å²) in [6.45, 7) is 3.02. The van der Waals surface area contributed by atoms with E-state index in [-0.39, 0.29) is 12.7 Å². The third-order valence-electron chi connectivity index (χ3n) is 3.65. The lowest BCUT2D eigenvalue weighted by molar-refractivity contribution is -0.870. The molecule has 6 heteroatoms. The molecule has 1 rings (SSSR count). The molecule has 1 aliphatic carbocycles. The Morgan fingerprint density at radius 1 is 1.26 bits per heavy atom. The summed E-state index contributed by atoms with van der Waals surface area (Å²) < 4.78 is 23.1. The molecule has 0 aromatic heterocycles. The Morgan fingerprint density at radius 3 is 2.47 bits per heavy atom. The van der Waals surface area contributed by atoms with Gasteiger partial charge in [-0.2, -0.15) is 0 Å². The summed E-state index contributed by atoms with van der Waals surface area (Å²) in [4.78, 5) is 9.78. The molecule has 1 N–H and O–H groups in total. The Balaban J connectivity index is 2.42. The molecule has 3 atom stereocenters. The van der Waals surface area contributed by atoms with Gasteiger partial charge in [-0.05, 0) is 18.8 Å². The van der Waals surface area contributed by atoms with E-state index in [4.69, 9.17) is 9.05 Å². The van der Waals surface area contributed by atoms with Crippen LogP contribution in [-0.4, -0.2) is 49.8 Å². The second kappa shape index (κ2) is 7.19. The van der Waals surface area contributed by atoms with Crippen LogP contribution in [0.4, 0.5) is 0 Å². The largest absolute Gasteiger partial charge is 0.472 e. The first-order valence-corrected chi connectivity index (χ1v) is 8.69. The highest BCUT2D eigenvalue weighted by Gasteiger charge is 2.33. The molecule has 1 fully saturated rings. The fraction of sp³-hybridized carbons (Fsp3) is 1.00. The van der Waals surface area contributed by atoms with Gasteiger partial charge in [-0.25, -0.2) is 4.57 Å². The van der Waals surface area contributed by atoms with Gasteiger partial charge in [0, 0.05) is 0 Å². The van der Waals surface area contributed by atoms with Crippen molar-refractivity contribution >= 4 is 7.82 Å². The van der Waals surface area contributed by atoms with Gasteiger partial charge in [0.25, 0.3) is 0 Å². The van der Waals surface area contributed by atoms with E-state index in [0.29, 0.717) is 16.9 Å². The van der Waals surface area contributed by atoms with Crippen LogP contribution >= 0.6 is 7.82 Å². The van der Waals surface area contributed by atoms with Gasteiger partial charge in [-0.15, -0.1) is 0 Å². The maximum atomic E-state index is 11.9. The molecule has 0 aromatic carbocycles. The number of quaternary nitrogens is 1. The predicted octanol–water partition coefficient (Wildman–Crippen LogP) is 2.80. The van der Waals surface area contributed by atoms with E-state index >= 15 is 0 Å². The highest BCUT2D eigenvalue weighted by atomic mass is 31.2. The zero-order valence-electron chi connectivity index (χ0n) is 12.7. The number of hydrogen-bond donors (Lipinski definition) is 1. The molecule has 1 saturated carbocycles. The number of rotatable bonds is 7. The first-order chi connectivity index (χ1) is 8.73. The third-order valence-corrected chi connectivity index (χ3v) is 4.69. The van der Waals surface area contributed by atoms with Gasteiger partial charge in [0.2, 0.25) is 0 Å². The fourth-order valence-electron chi connectivity index (χ4n) is 2.41. The van der Waals surface area contributed by atoms with Crippen LogP contribution in [0.15, 0.2) is 0 Å². The molecule has 114 valence electrons. The molecule has 1 aliphatic rings. The molecular formula is C13H29NO4P+. The maximum absolute atomic E-state index is 11.9. The second-order valence-corrected chi connectivity index (χ2v) is 7.82. The summed E-state index contributed by atoms with van der Waals surface area (Å²) in [7, 11) is 2.14. The lowest BCUT2D eigenvalue weighted by Crippen LogP contribution is -2.37. The minimum absolute atomic E-state index is 0.126. The van der Waals surface area contributed by atoms with Gasteiger partial charge in [-0.3, -0.25) is 9.05 Å². The van der Waals surface area contributed by atoms with Crippen LogP contribution in [0.25, 0.3) is 0 Å².